The highest BCUT2D eigenvalue weighted by atomic mass is 127. The molecule has 0 saturated carbocycles. The number of carbonyl (C=O) groups is 2. The Kier molecular flexibility index (Phi) is 6.25. The number of rotatable bonds is 4. The van der Waals surface area contributed by atoms with Gasteiger partial charge in [-0.3, -0.25) is 14.5 Å². The van der Waals surface area contributed by atoms with Gasteiger partial charge in [0.05, 0.1) is 7.11 Å². The van der Waals surface area contributed by atoms with E-state index in [4.69, 9.17) is 4.74 Å². The van der Waals surface area contributed by atoms with Crippen molar-refractivity contribution < 1.29 is 14.3 Å². The maximum absolute atomic E-state index is 12.5. The molecule has 0 aromatic rings. The molecule has 1 heterocycles. The average molecular weight is 396 g/mol. The van der Waals surface area contributed by atoms with E-state index in [1.807, 2.05) is 32.6 Å². The van der Waals surface area contributed by atoms with Crippen molar-refractivity contribution in [2.24, 2.45) is 0 Å². The Morgan fingerprint density at radius 3 is 2.45 bits per heavy atom. The van der Waals surface area contributed by atoms with Crippen LogP contribution in [0.2, 0.25) is 0 Å². The minimum Gasteiger partial charge on any atom is -0.468 e. The summed E-state index contributed by atoms with van der Waals surface area (Å²) < 4.78 is 4.97. The Labute approximate surface area is 134 Å². The first-order valence-corrected chi connectivity index (χ1v) is 8.21. The number of hydrogen-bond acceptors (Lipinski definition) is 4. The zero-order valence-corrected chi connectivity index (χ0v) is 15.1. The van der Waals surface area contributed by atoms with Crippen LogP contribution in [0.1, 0.15) is 40.5 Å². The number of esters is 1. The number of nitrogens with zero attached hydrogens (tertiary/aromatic N) is 1. The fourth-order valence-electron chi connectivity index (χ4n) is 2.58. The van der Waals surface area contributed by atoms with Gasteiger partial charge in [-0.1, -0.05) is 29.5 Å². The Balaban J connectivity index is 2.90. The summed E-state index contributed by atoms with van der Waals surface area (Å²) >= 11 is 2.25. The number of nitrogens with one attached hydrogen (secondary N) is 1. The molecule has 0 unspecified atom stereocenters. The summed E-state index contributed by atoms with van der Waals surface area (Å²) in [6.45, 7) is 8.64. The first-order valence-electron chi connectivity index (χ1n) is 6.97. The molecule has 1 fully saturated rings. The van der Waals surface area contributed by atoms with Crippen LogP contribution in [0.15, 0.2) is 0 Å². The maximum atomic E-state index is 12.5. The van der Waals surface area contributed by atoms with Crippen molar-refractivity contribution in [3.05, 3.63) is 0 Å². The van der Waals surface area contributed by atoms with E-state index in [1.165, 1.54) is 7.11 Å². The molecule has 1 N–H and O–H groups in total. The van der Waals surface area contributed by atoms with E-state index in [0.29, 0.717) is 0 Å². The van der Waals surface area contributed by atoms with Gasteiger partial charge in [-0.05, 0) is 40.2 Å². The summed E-state index contributed by atoms with van der Waals surface area (Å²) in [4.78, 5) is 26.4. The van der Waals surface area contributed by atoms with Crippen LogP contribution in [-0.2, 0) is 14.3 Å². The van der Waals surface area contributed by atoms with Crippen molar-refractivity contribution in [3.8, 4) is 0 Å². The van der Waals surface area contributed by atoms with Crippen molar-refractivity contribution in [2.75, 3.05) is 13.7 Å². The van der Waals surface area contributed by atoms with Gasteiger partial charge in [0.2, 0.25) is 5.91 Å². The van der Waals surface area contributed by atoms with Gasteiger partial charge in [-0.25, -0.2) is 0 Å². The molecule has 0 radical (unpaired) electrons. The molecule has 0 aromatic heterocycles. The van der Waals surface area contributed by atoms with E-state index in [0.717, 1.165) is 19.4 Å². The molecule has 1 saturated heterocycles. The summed E-state index contributed by atoms with van der Waals surface area (Å²) in [5.41, 5.74) is -0.276. The van der Waals surface area contributed by atoms with E-state index < -0.39 is 0 Å². The molecule has 0 bridgehead atoms. The van der Waals surface area contributed by atoms with Gasteiger partial charge in [-0.15, -0.1) is 0 Å². The van der Waals surface area contributed by atoms with Gasteiger partial charge in [-0.2, -0.15) is 0 Å². The molecule has 0 aromatic carbocycles. The predicted octanol–water partition coefficient (Wildman–Crippen LogP) is 1.73. The lowest BCUT2D eigenvalue weighted by atomic mass is 10.1. The van der Waals surface area contributed by atoms with Gasteiger partial charge in [0.1, 0.15) is 12.1 Å². The summed E-state index contributed by atoms with van der Waals surface area (Å²) in [6.07, 6.45) is 1.68. The van der Waals surface area contributed by atoms with Crippen LogP contribution in [0.25, 0.3) is 0 Å². The van der Waals surface area contributed by atoms with Crippen LogP contribution in [0.3, 0.4) is 0 Å². The molecule has 1 rings (SSSR count). The van der Waals surface area contributed by atoms with Gasteiger partial charge in [0.25, 0.3) is 0 Å². The van der Waals surface area contributed by atoms with Crippen LogP contribution in [-0.4, -0.2) is 52.0 Å². The highest BCUT2D eigenvalue weighted by molar-refractivity contribution is 14.1. The molecule has 20 heavy (non-hydrogen) atoms. The number of amides is 1. The Bertz CT molecular complexity index is 366. The third-order valence-corrected chi connectivity index (χ3v) is 4.01. The number of methoxy groups -OCH3 is 1. The minimum absolute atomic E-state index is 0.0183. The lowest BCUT2D eigenvalue weighted by molar-refractivity contribution is -0.147. The SMILES string of the molecule is COC(=O)[C@@H]1CCCN1[C@H](C(=O)NC(C)(C)C)[C@H](C)I. The molecular weight excluding hydrogens is 371 g/mol. The van der Waals surface area contributed by atoms with Crippen LogP contribution in [0, 0.1) is 0 Å². The molecule has 1 aliphatic rings. The van der Waals surface area contributed by atoms with Gasteiger partial charge >= 0.3 is 5.97 Å². The Morgan fingerprint density at radius 1 is 1.40 bits per heavy atom. The van der Waals surface area contributed by atoms with Crippen molar-refractivity contribution >= 4 is 34.5 Å². The number of likely N-dealkylation sites (tertiary alicyclic amines) is 1. The summed E-state index contributed by atoms with van der Waals surface area (Å²) in [7, 11) is 1.40. The van der Waals surface area contributed by atoms with E-state index in [2.05, 4.69) is 27.9 Å². The molecule has 1 aliphatic heterocycles. The van der Waals surface area contributed by atoms with E-state index >= 15 is 0 Å². The molecule has 5 nitrogen and oxygen atoms in total. The number of halogens is 1. The van der Waals surface area contributed by atoms with Crippen LogP contribution in [0.4, 0.5) is 0 Å². The second kappa shape index (κ2) is 7.06. The normalized spacial score (nSPS) is 23.2. The number of ether oxygens (including phenoxy) is 1. The van der Waals surface area contributed by atoms with Crippen molar-refractivity contribution in [1.82, 2.24) is 10.2 Å². The minimum atomic E-state index is -0.304. The number of alkyl halides is 1. The molecule has 0 spiro atoms. The fourth-order valence-corrected chi connectivity index (χ4v) is 3.32. The lowest BCUT2D eigenvalue weighted by Gasteiger charge is -2.34. The van der Waals surface area contributed by atoms with E-state index in [9.17, 15) is 9.59 Å². The first-order chi connectivity index (χ1) is 9.17. The molecular formula is C14H25IN2O3. The lowest BCUT2D eigenvalue weighted by Crippen LogP contribution is -2.57. The fraction of sp³-hybridized carbons (Fsp3) is 0.857. The Morgan fingerprint density at radius 2 is 2.00 bits per heavy atom. The van der Waals surface area contributed by atoms with Gasteiger partial charge < -0.3 is 10.1 Å². The van der Waals surface area contributed by atoms with E-state index in [1.54, 1.807) is 0 Å². The topological polar surface area (TPSA) is 58.6 Å². The van der Waals surface area contributed by atoms with Crippen LogP contribution >= 0.6 is 22.6 Å². The quantitative estimate of drug-likeness (QED) is 0.447. The second-order valence-electron chi connectivity index (χ2n) is 6.28. The largest absolute Gasteiger partial charge is 0.468 e. The van der Waals surface area contributed by atoms with Crippen molar-refractivity contribution in [2.45, 2.75) is 62.1 Å². The molecule has 116 valence electrons. The maximum Gasteiger partial charge on any atom is 0.323 e. The summed E-state index contributed by atoms with van der Waals surface area (Å²) in [5, 5.41) is 3.02. The average Bonchev–Trinajstić information content (AvgIpc) is 2.74. The standard InChI is InChI=1S/C14H25IN2O3/c1-9(15)11(12(18)16-14(2,3)4)17-8-6-7-10(17)13(19)20-5/h9-11H,6-8H2,1-5H3,(H,16,18)/t9-,10-,11-/m0/s1. The zero-order chi connectivity index (χ0) is 15.5. The third-order valence-electron chi connectivity index (χ3n) is 3.33. The highest BCUT2D eigenvalue weighted by Gasteiger charge is 2.41. The first kappa shape index (κ1) is 17.7. The number of carbonyl (C=O) groups excluding carboxylic acids is 2. The van der Waals surface area contributed by atoms with Crippen LogP contribution in [0.5, 0.6) is 0 Å². The van der Waals surface area contributed by atoms with Crippen molar-refractivity contribution in [1.29, 1.82) is 0 Å². The second-order valence-corrected chi connectivity index (χ2v) is 8.25. The smallest absolute Gasteiger partial charge is 0.323 e. The van der Waals surface area contributed by atoms with Gasteiger partial charge in [0, 0.05) is 9.46 Å². The zero-order valence-electron chi connectivity index (χ0n) is 12.9. The summed E-state index contributed by atoms with van der Waals surface area (Å²) in [5.74, 6) is -0.261. The monoisotopic (exact) mass is 396 g/mol. The highest BCUT2D eigenvalue weighted by Crippen LogP contribution is 2.25. The molecule has 0 aliphatic carbocycles. The Hall–Kier alpha value is -0.370. The molecule has 3 atom stereocenters. The van der Waals surface area contributed by atoms with Crippen molar-refractivity contribution in [3.63, 3.8) is 0 Å². The molecule has 6 heteroatoms. The third kappa shape index (κ3) is 4.58. The number of hydrogen-bond donors (Lipinski definition) is 1. The van der Waals surface area contributed by atoms with E-state index in [-0.39, 0.29) is 33.4 Å². The summed E-state index contributed by atoms with van der Waals surface area (Å²) in [6, 6.07) is -0.602. The molecule has 1 amide bonds. The van der Waals surface area contributed by atoms with Crippen LogP contribution < -0.4 is 5.32 Å². The predicted molar refractivity (Wildman–Crippen MR) is 86.9 cm³/mol. The van der Waals surface area contributed by atoms with Gasteiger partial charge in [0.15, 0.2) is 0 Å².